The number of pyridine rings is 1. The summed E-state index contributed by atoms with van der Waals surface area (Å²) in [5, 5.41) is 11.1. The van der Waals surface area contributed by atoms with E-state index in [9.17, 15) is 19.5 Å². The normalized spacial score (nSPS) is 17.4. The first-order valence-corrected chi connectivity index (χ1v) is 9.88. The van der Waals surface area contributed by atoms with Crippen LogP contribution in [-0.4, -0.2) is 34.9 Å². The zero-order valence-corrected chi connectivity index (χ0v) is 17.5. The molecule has 2 aromatic carbocycles. The maximum Gasteiger partial charge on any atom is 0.337 e. The van der Waals surface area contributed by atoms with E-state index in [-0.39, 0.29) is 11.3 Å². The molecule has 4 rings (SSSR count). The Morgan fingerprint density at radius 2 is 1.66 bits per heavy atom. The van der Waals surface area contributed by atoms with Crippen LogP contribution in [0.1, 0.15) is 33.1 Å². The van der Waals surface area contributed by atoms with Gasteiger partial charge in [0.25, 0.3) is 11.7 Å². The number of hydrogen-bond donors (Lipinski definition) is 1. The van der Waals surface area contributed by atoms with Crippen LogP contribution >= 0.6 is 0 Å². The Balaban J connectivity index is 1.90. The molecule has 1 amide bonds. The maximum atomic E-state index is 13.1. The van der Waals surface area contributed by atoms with Gasteiger partial charge in [-0.25, -0.2) is 4.79 Å². The molecular weight excluding hydrogens is 408 g/mol. The minimum atomic E-state index is -0.896. The number of ketones is 1. The number of Topliss-reactive ketones (excluding diaryl/α,β-unsaturated/α-hetero) is 1. The fourth-order valence-electron chi connectivity index (χ4n) is 3.70. The number of carbonyl (C=O) groups excluding carboxylic acids is 3. The predicted octanol–water partition coefficient (Wildman–Crippen LogP) is 3.80. The van der Waals surface area contributed by atoms with Crippen molar-refractivity contribution in [1.29, 1.82) is 0 Å². The number of hydrogen-bond acceptors (Lipinski definition) is 6. The smallest absolute Gasteiger partial charge is 0.337 e. The van der Waals surface area contributed by atoms with Crippen molar-refractivity contribution in [3.63, 3.8) is 0 Å². The van der Waals surface area contributed by atoms with Gasteiger partial charge < -0.3 is 9.84 Å². The number of aromatic nitrogens is 1. The van der Waals surface area contributed by atoms with E-state index >= 15 is 0 Å². The molecule has 0 aliphatic carbocycles. The molecule has 0 radical (unpaired) electrons. The summed E-state index contributed by atoms with van der Waals surface area (Å²) in [6.07, 6.45) is 3.04. The predicted molar refractivity (Wildman–Crippen MR) is 118 cm³/mol. The van der Waals surface area contributed by atoms with E-state index in [1.807, 2.05) is 19.1 Å². The Morgan fingerprint density at radius 1 is 1.00 bits per heavy atom. The van der Waals surface area contributed by atoms with Crippen LogP contribution in [0, 0.1) is 6.92 Å². The molecule has 1 aliphatic rings. The van der Waals surface area contributed by atoms with Crippen LogP contribution in [-0.2, 0) is 14.3 Å². The molecule has 0 spiro atoms. The Labute approximate surface area is 184 Å². The van der Waals surface area contributed by atoms with Crippen LogP contribution in [0.15, 0.2) is 78.6 Å². The molecule has 32 heavy (non-hydrogen) atoms. The summed E-state index contributed by atoms with van der Waals surface area (Å²) in [4.78, 5) is 43.3. The van der Waals surface area contributed by atoms with Crippen molar-refractivity contribution in [2.24, 2.45) is 0 Å². The lowest BCUT2D eigenvalue weighted by Gasteiger charge is -2.25. The van der Waals surface area contributed by atoms with Gasteiger partial charge in [-0.3, -0.25) is 19.5 Å². The van der Waals surface area contributed by atoms with E-state index in [0.717, 1.165) is 5.56 Å². The third-order valence-corrected chi connectivity index (χ3v) is 5.34. The quantitative estimate of drug-likeness (QED) is 0.294. The van der Waals surface area contributed by atoms with Gasteiger partial charge in [0, 0.05) is 11.8 Å². The van der Waals surface area contributed by atoms with Gasteiger partial charge in [-0.15, -0.1) is 0 Å². The molecule has 160 valence electrons. The number of carbonyl (C=O) groups is 3. The van der Waals surface area contributed by atoms with Gasteiger partial charge in [-0.2, -0.15) is 0 Å². The van der Waals surface area contributed by atoms with E-state index in [4.69, 9.17) is 4.74 Å². The fourth-order valence-corrected chi connectivity index (χ4v) is 3.70. The second kappa shape index (κ2) is 8.47. The van der Waals surface area contributed by atoms with Gasteiger partial charge in [0.1, 0.15) is 5.76 Å². The highest BCUT2D eigenvalue weighted by molar-refractivity contribution is 6.51. The first kappa shape index (κ1) is 21.0. The third kappa shape index (κ3) is 3.65. The molecule has 7 nitrogen and oxygen atoms in total. The summed E-state index contributed by atoms with van der Waals surface area (Å²) < 4.78 is 4.74. The number of nitrogens with zero attached hydrogens (tertiary/aromatic N) is 2. The van der Waals surface area contributed by atoms with Crippen molar-refractivity contribution >= 4 is 29.1 Å². The highest BCUT2D eigenvalue weighted by Crippen LogP contribution is 2.41. The SMILES string of the molecule is COC(=O)c1ccc([C@H]2C(=C(O)c3ccc(C)cc3)C(=O)C(=O)N2c2cccnc2)cc1. The number of amides is 1. The highest BCUT2D eigenvalue weighted by atomic mass is 16.5. The number of aliphatic hydroxyl groups is 1. The van der Waals surface area contributed by atoms with E-state index in [1.165, 1.54) is 18.2 Å². The first-order chi connectivity index (χ1) is 15.4. The Morgan fingerprint density at radius 3 is 2.25 bits per heavy atom. The number of ether oxygens (including phenoxy) is 1. The Bertz CT molecular complexity index is 1220. The topological polar surface area (TPSA) is 96.8 Å². The average Bonchev–Trinajstić information content (AvgIpc) is 3.09. The fraction of sp³-hybridized carbons (Fsp3) is 0.120. The second-order valence-corrected chi connectivity index (χ2v) is 7.36. The Kier molecular flexibility index (Phi) is 5.55. The standard InChI is InChI=1S/C25H20N2O5/c1-15-5-7-17(8-6-15)22(28)20-21(16-9-11-18(12-10-16)25(31)32-2)27(24(30)23(20)29)19-4-3-13-26-14-19/h3-14,21,28H,1-2H3/t21-/m0/s1. The molecule has 3 aromatic rings. The van der Waals surface area contributed by atoms with Crippen LogP contribution in [0.25, 0.3) is 5.76 Å². The molecule has 1 atom stereocenters. The van der Waals surface area contributed by atoms with Gasteiger partial charge in [0.05, 0.1) is 36.2 Å². The zero-order chi connectivity index (χ0) is 22.8. The van der Waals surface area contributed by atoms with Crippen LogP contribution in [0.2, 0.25) is 0 Å². The molecule has 1 N–H and O–H groups in total. The summed E-state index contributed by atoms with van der Waals surface area (Å²) >= 11 is 0. The summed E-state index contributed by atoms with van der Waals surface area (Å²) in [6, 6.07) is 15.8. The van der Waals surface area contributed by atoms with Crippen molar-refractivity contribution in [3.8, 4) is 0 Å². The molecule has 0 bridgehead atoms. The second-order valence-electron chi connectivity index (χ2n) is 7.36. The van der Waals surface area contributed by atoms with E-state index < -0.39 is 23.7 Å². The summed E-state index contributed by atoms with van der Waals surface area (Å²) in [7, 11) is 1.29. The van der Waals surface area contributed by atoms with Crippen molar-refractivity contribution in [2.45, 2.75) is 13.0 Å². The summed E-state index contributed by atoms with van der Waals surface area (Å²) in [5.41, 5.74) is 2.68. The molecule has 1 aliphatic heterocycles. The third-order valence-electron chi connectivity index (χ3n) is 5.34. The summed E-state index contributed by atoms with van der Waals surface area (Å²) in [6.45, 7) is 1.91. The Hall–Kier alpha value is -4.26. The molecule has 1 aromatic heterocycles. The largest absolute Gasteiger partial charge is 0.507 e. The minimum Gasteiger partial charge on any atom is -0.507 e. The van der Waals surface area contributed by atoms with Gasteiger partial charge in [-0.05, 0) is 36.8 Å². The first-order valence-electron chi connectivity index (χ1n) is 9.88. The van der Waals surface area contributed by atoms with E-state index in [1.54, 1.807) is 54.7 Å². The van der Waals surface area contributed by atoms with E-state index in [2.05, 4.69) is 4.98 Å². The number of methoxy groups -OCH3 is 1. The van der Waals surface area contributed by atoms with Crippen molar-refractivity contribution in [1.82, 2.24) is 4.98 Å². The molecule has 0 saturated carbocycles. The molecule has 1 fully saturated rings. The molecule has 1 saturated heterocycles. The van der Waals surface area contributed by atoms with Crippen molar-refractivity contribution in [3.05, 3.63) is 101 Å². The molecule has 7 heteroatoms. The lowest BCUT2D eigenvalue weighted by Crippen LogP contribution is -2.29. The number of aliphatic hydroxyl groups excluding tert-OH is 1. The number of benzene rings is 2. The molecule has 2 heterocycles. The van der Waals surface area contributed by atoms with Gasteiger partial charge in [0.15, 0.2) is 0 Å². The maximum absolute atomic E-state index is 13.1. The summed E-state index contributed by atoms with van der Waals surface area (Å²) in [5.74, 6) is -2.34. The zero-order valence-electron chi connectivity index (χ0n) is 17.5. The van der Waals surface area contributed by atoms with Crippen molar-refractivity contribution in [2.75, 3.05) is 12.0 Å². The van der Waals surface area contributed by atoms with Crippen LogP contribution in [0.5, 0.6) is 0 Å². The number of anilines is 1. The number of aryl methyl sites for hydroxylation is 1. The van der Waals surface area contributed by atoms with Gasteiger partial charge >= 0.3 is 5.97 Å². The van der Waals surface area contributed by atoms with Gasteiger partial charge in [-0.1, -0.05) is 42.0 Å². The molecular formula is C25H20N2O5. The lowest BCUT2D eigenvalue weighted by molar-refractivity contribution is -0.132. The highest BCUT2D eigenvalue weighted by Gasteiger charge is 2.47. The molecule has 0 unspecified atom stereocenters. The minimum absolute atomic E-state index is 0.0338. The monoisotopic (exact) mass is 428 g/mol. The van der Waals surface area contributed by atoms with Crippen LogP contribution in [0.4, 0.5) is 5.69 Å². The van der Waals surface area contributed by atoms with E-state index in [0.29, 0.717) is 22.4 Å². The average molecular weight is 428 g/mol. The van der Waals surface area contributed by atoms with Crippen LogP contribution < -0.4 is 4.90 Å². The lowest BCUT2D eigenvalue weighted by atomic mass is 9.94. The van der Waals surface area contributed by atoms with Crippen LogP contribution in [0.3, 0.4) is 0 Å². The van der Waals surface area contributed by atoms with Gasteiger partial charge in [0.2, 0.25) is 0 Å². The number of esters is 1. The number of rotatable bonds is 4. The van der Waals surface area contributed by atoms with Crippen molar-refractivity contribution < 1.29 is 24.2 Å².